The first-order valence-corrected chi connectivity index (χ1v) is 4.50. The molecule has 0 amide bonds. The van der Waals surface area contributed by atoms with E-state index in [2.05, 4.69) is 15.0 Å². The van der Waals surface area contributed by atoms with Crippen LogP contribution in [0.1, 0.15) is 0 Å². The number of nitrogens with zero attached hydrogens (tertiary/aromatic N) is 1. The molecule has 58 valence electrons. The largest absolute Gasteiger partial charge is 0.355 e. The molecule has 0 atom stereocenters. The third kappa shape index (κ3) is 1.60. The first-order chi connectivity index (χ1) is 4.64. The number of hydrogen-bond acceptors (Lipinski definition) is 3. The van der Waals surface area contributed by atoms with Crippen LogP contribution in [0.3, 0.4) is 0 Å². The van der Waals surface area contributed by atoms with Crippen molar-refractivity contribution >= 4 is 16.0 Å². The number of aliphatic imine (C=N–C) groups is 1. The second-order valence-electron chi connectivity index (χ2n) is 1.92. The summed E-state index contributed by atoms with van der Waals surface area (Å²) in [6.07, 6.45) is 0. The molecule has 0 aromatic heterocycles. The van der Waals surface area contributed by atoms with Crippen LogP contribution in [0.25, 0.3) is 0 Å². The van der Waals surface area contributed by atoms with Crippen LogP contribution in [-0.4, -0.2) is 33.7 Å². The molecule has 1 aliphatic rings. The van der Waals surface area contributed by atoms with Crippen LogP contribution < -0.4 is 10.0 Å². The van der Waals surface area contributed by atoms with Crippen LogP contribution in [-0.2, 0) is 10.0 Å². The molecule has 1 saturated heterocycles. The standard InChI is InChI=1S/C4H9N3O2S/c1-5-4-6-2-3-10(8,9)7-4/h2-3H2,1H3,(H2,5,6,7). The van der Waals surface area contributed by atoms with E-state index >= 15 is 0 Å². The summed E-state index contributed by atoms with van der Waals surface area (Å²) >= 11 is 0. The van der Waals surface area contributed by atoms with E-state index in [4.69, 9.17) is 0 Å². The molecule has 0 aromatic rings. The second kappa shape index (κ2) is 2.45. The summed E-state index contributed by atoms with van der Waals surface area (Å²) < 4.78 is 23.8. The van der Waals surface area contributed by atoms with E-state index in [0.29, 0.717) is 12.5 Å². The highest BCUT2D eigenvalue weighted by atomic mass is 32.2. The third-order valence-corrected chi connectivity index (χ3v) is 2.38. The van der Waals surface area contributed by atoms with Gasteiger partial charge in [-0.1, -0.05) is 0 Å². The van der Waals surface area contributed by atoms with Crippen LogP contribution in [0.4, 0.5) is 0 Å². The fourth-order valence-corrected chi connectivity index (χ4v) is 1.59. The third-order valence-electron chi connectivity index (χ3n) is 1.14. The lowest BCUT2D eigenvalue weighted by molar-refractivity contribution is 0.585. The lowest BCUT2D eigenvalue weighted by Crippen LogP contribution is -2.49. The highest BCUT2D eigenvalue weighted by molar-refractivity contribution is 7.90. The van der Waals surface area contributed by atoms with E-state index in [9.17, 15) is 8.42 Å². The zero-order chi connectivity index (χ0) is 7.61. The molecule has 5 nitrogen and oxygen atoms in total. The van der Waals surface area contributed by atoms with Crippen molar-refractivity contribution in [2.24, 2.45) is 4.99 Å². The van der Waals surface area contributed by atoms with Gasteiger partial charge >= 0.3 is 0 Å². The van der Waals surface area contributed by atoms with Gasteiger partial charge in [0, 0.05) is 13.6 Å². The van der Waals surface area contributed by atoms with Crippen LogP contribution >= 0.6 is 0 Å². The fourth-order valence-electron chi connectivity index (χ4n) is 0.663. The van der Waals surface area contributed by atoms with Crippen molar-refractivity contribution in [1.29, 1.82) is 0 Å². The van der Waals surface area contributed by atoms with Crippen molar-refractivity contribution in [3.63, 3.8) is 0 Å². The van der Waals surface area contributed by atoms with E-state index < -0.39 is 10.0 Å². The zero-order valence-corrected chi connectivity index (χ0v) is 6.40. The molecule has 1 heterocycles. The molecule has 1 rings (SSSR count). The molecule has 0 bridgehead atoms. The summed E-state index contributed by atoms with van der Waals surface area (Å²) in [6.45, 7) is 0.433. The maximum Gasteiger partial charge on any atom is 0.236 e. The molecule has 0 spiro atoms. The first kappa shape index (κ1) is 7.33. The number of rotatable bonds is 0. The highest BCUT2D eigenvalue weighted by Gasteiger charge is 2.17. The molecule has 10 heavy (non-hydrogen) atoms. The van der Waals surface area contributed by atoms with Crippen LogP contribution in [0, 0.1) is 0 Å². The molecule has 0 radical (unpaired) electrons. The number of hydrogen-bond donors (Lipinski definition) is 2. The Bertz CT molecular complexity index is 243. The summed E-state index contributed by atoms with van der Waals surface area (Å²) in [4.78, 5) is 3.66. The van der Waals surface area contributed by atoms with Gasteiger partial charge in [-0.05, 0) is 0 Å². The Morgan fingerprint density at radius 3 is 2.70 bits per heavy atom. The first-order valence-electron chi connectivity index (χ1n) is 2.85. The van der Waals surface area contributed by atoms with Gasteiger partial charge in [-0.2, -0.15) is 0 Å². The van der Waals surface area contributed by atoms with Gasteiger partial charge in [0.15, 0.2) is 0 Å². The molecule has 2 N–H and O–H groups in total. The Kier molecular flexibility index (Phi) is 1.80. The topological polar surface area (TPSA) is 70.6 Å². The summed E-state index contributed by atoms with van der Waals surface area (Å²) in [6, 6.07) is 0. The van der Waals surface area contributed by atoms with E-state index in [-0.39, 0.29) is 5.75 Å². The Morgan fingerprint density at radius 1 is 1.60 bits per heavy atom. The number of sulfonamides is 1. The molecular weight excluding hydrogens is 154 g/mol. The number of nitrogens with one attached hydrogen (secondary N) is 2. The SMILES string of the molecule is CN=C1NCCS(=O)(=O)N1. The summed E-state index contributed by atoms with van der Waals surface area (Å²) in [7, 11) is -1.56. The van der Waals surface area contributed by atoms with Gasteiger partial charge < -0.3 is 5.32 Å². The maximum atomic E-state index is 10.8. The quantitative estimate of drug-likeness (QED) is 0.456. The van der Waals surface area contributed by atoms with Crippen molar-refractivity contribution < 1.29 is 8.42 Å². The summed E-state index contributed by atoms with van der Waals surface area (Å²) in [5.41, 5.74) is 0. The Hall–Kier alpha value is -0.780. The van der Waals surface area contributed by atoms with Crippen molar-refractivity contribution in [1.82, 2.24) is 10.0 Å². The van der Waals surface area contributed by atoms with Gasteiger partial charge in [-0.3, -0.25) is 9.71 Å². The summed E-state index contributed by atoms with van der Waals surface area (Å²) in [5, 5.41) is 2.78. The summed E-state index contributed by atoms with van der Waals surface area (Å²) in [5.74, 6) is 0.442. The molecule has 0 aliphatic carbocycles. The minimum atomic E-state index is -3.09. The van der Waals surface area contributed by atoms with E-state index in [0.717, 1.165) is 0 Å². The molecule has 1 fully saturated rings. The van der Waals surface area contributed by atoms with Gasteiger partial charge in [0.1, 0.15) is 0 Å². The van der Waals surface area contributed by atoms with Gasteiger partial charge in [-0.15, -0.1) is 0 Å². The minimum Gasteiger partial charge on any atom is -0.355 e. The molecule has 0 unspecified atom stereocenters. The van der Waals surface area contributed by atoms with Crippen LogP contribution in [0.2, 0.25) is 0 Å². The average Bonchev–Trinajstić information content (AvgIpc) is 1.86. The average molecular weight is 163 g/mol. The fraction of sp³-hybridized carbons (Fsp3) is 0.750. The van der Waals surface area contributed by atoms with Gasteiger partial charge in [0.25, 0.3) is 0 Å². The lowest BCUT2D eigenvalue weighted by atomic mass is 10.7. The lowest BCUT2D eigenvalue weighted by Gasteiger charge is -2.16. The molecule has 0 aromatic carbocycles. The molecule has 1 aliphatic heterocycles. The Morgan fingerprint density at radius 2 is 2.30 bits per heavy atom. The van der Waals surface area contributed by atoms with Crippen molar-refractivity contribution in [3.05, 3.63) is 0 Å². The van der Waals surface area contributed by atoms with Crippen LogP contribution in [0.5, 0.6) is 0 Å². The normalized spacial score (nSPS) is 27.1. The monoisotopic (exact) mass is 163 g/mol. The van der Waals surface area contributed by atoms with Crippen molar-refractivity contribution in [3.8, 4) is 0 Å². The Labute approximate surface area is 59.6 Å². The maximum absolute atomic E-state index is 10.8. The Balaban J connectivity index is 2.75. The van der Waals surface area contributed by atoms with Gasteiger partial charge in [0.05, 0.1) is 5.75 Å². The minimum absolute atomic E-state index is 0.117. The molecule has 0 saturated carbocycles. The highest BCUT2D eigenvalue weighted by Crippen LogP contribution is 1.87. The predicted octanol–water partition coefficient (Wildman–Crippen LogP) is -1.51. The van der Waals surface area contributed by atoms with Crippen molar-refractivity contribution in [2.45, 2.75) is 0 Å². The van der Waals surface area contributed by atoms with Gasteiger partial charge in [0.2, 0.25) is 16.0 Å². The van der Waals surface area contributed by atoms with E-state index in [1.807, 2.05) is 0 Å². The van der Waals surface area contributed by atoms with E-state index in [1.54, 1.807) is 0 Å². The zero-order valence-electron chi connectivity index (χ0n) is 5.59. The van der Waals surface area contributed by atoms with Crippen molar-refractivity contribution in [2.75, 3.05) is 19.3 Å². The number of guanidine groups is 1. The second-order valence-corrected chi connectivity index (χ2v) is 3.76. The van der Waals surface area contributed by atoms with Gasteiger partial charge in [-0.25, -0.2) is 8.42 Å². The van der Waals surface area contributed by atoms with E-state index in [1.165, 1.54) is 7.05 Å². The molecule has 6 heteroatoms. The predicted molar refractivity (Wildman–Crippen MR) is 38.3 cm³/mol. The van der Waals surface area contributed by atoms with Crippen LogP contribution in [0.15, 0.2) is 4.99 Å². The smallest absolute Gasteiger partial charge is 0.236 e. The molecular formula is C4H9N3O2S.